The summed E-state index contributed by atoms with van der Waals surface area (Å²) in [6, 6.07) is 8.29. The molecule has 1 atom stereocenters. The third-order valence-electron chi connectivity index (χ3n) is 5.67. The van der Waals surface area contributed by atoms with E-state index in [0.29, 0.717) is 18.6 Å². The molecular weight excluding hydrogens is 288 g/mol. The zero-order chi connectivity index (χ0) is 15.6. The molecule has 0 spiro atoms. The van der Waals surface area contributed by atoms with Gasteiger partial charge in [-0.3, -0.25) is 9.69 Å². The molecule has 1 aromatic carbocycles. The maximum Gasteiger partial charge on any atom is 0.241 e. The van der Waals surface area contributed by atoms with Crippen LogP contribution in [0.1, 0.15) is 31.2 Å². The topological polar surface area (TPSA) is 32.8 Å². The van der Waals surface area contributed by atoms with Gasteiger partial charge in [0, 0.05) is 18.8 Å². The molecule has 4 nitrogen and oxygen atoms in total. The van der Waals surface area contributed by atoms with Gasteiger partial charge < -0.3 is 9.64 Å². The van der Waals surface area contributed by atoms with Crippen molar-refractivity contribution in [2.45, 2.75) is 38.2 Å². The highest BCUT2D eigenvalue weighted by Gasteiger charge is 2.31. The van der Waals surface area contributed by atoms with Gasteiger partial charge in [-0.15, -0.1) is 0 Å². The van der Waals surface area contributed by atoms with Gasteiger partial charge in [-0.2, -0.15) is 0 Å². The van der Waals surface area contributed by atoms with E-state index in [1.165, 1.54) is 31.2 Å². The van der Waals surface area contributed by atoms with E-state index in [0.717, 1.165) is 38.3 Å². The zero-order valence-electron chi connectivity index (χ0n) is 13.7. The number of likely N-dealkylation sites (tertiary alicyclic amines) is 1. The van der Waals surface area contributed by atoms with Crippen LogP contribution in [-0.2, 0) is 16.0 Å². The first-order chi connectivity index (χ1) is 11.3. The molecule has 4 heteroatoms. The second kappa shape index (κ2) is 6.62. The number of hydrogen-bond donors (Lipinski definition) is 0. The Balaban J connectivity index is 1.30. The number of benzene rings is 1. The first kappa shape index (κ1) is 15.2. The number of nitrogens with zero attached hydrogens (tertiary/aromatic N) is 2. The Bertz CT molecular complexity index is 560. The lowest BCUT2D eigenvalue weighted by atomic mass is 9.90. The number of piperidine rings is 1. The van der Waals surface area contributed by atoms with Crippen LogP contribution in [0.15, 0.2) is 24.3 Å². The molecule has 0 radical (unpaired) electrons. The van der Waals surface area contributed by atoms with E-state index in [1.807, 2.05) is 11.0 Å². The third kappa shape index (κ3) is 3.15. The molecule has 0 N–H and O–H groups in total. The van der Waals surface area contributed by atoms with Gasteiger partial charge in [-0.05, 0) is 62.7 Å². The summed E-state index contributed by atoms with van der Waals surface area (Å²) in [6.07, 6.45) is 6.27. The molecule has 0 aromatic heterocycles. The maximum absolute atomic E-state index is 12.7. The lowest BCUT2D eigenvalue weighted by molar-refractivity contribution is -0.120. The van der Waals surface area contributed by atoms with Crippen LogP contribution in [0, 0.1) is 5.92 Å². The van der Waals surface area contributed by atoms with E-state index in [4.69, 9.17) is 4.74 Å². The molecule has 23 heavy (non-hydrogen) atoms. The van der Waals surface area contributed by atoms with E-state index in [-0.39, 0.29) is 5.91 Å². The lowest BCUT2D eigenvalue weighted by Gasteiger charge is -2.34. The second-order valence-corrected chi connectivity index (χ2v) is 7.09. The predicted octanol–water partition coefficient (Wildman–Crippen LogP) is 2.47. The van der Waals surface area contributed by atoms with Crippen molar-refractivity contribution in [1.29, 1.82) is 0 Å². The fraction of sp³-hybridized carbons (Fsp3) is 0.632. The summed E-state index contributed by atoms with van der Waals surface area (Å²) in [7, 11) is 0. The highest BCUT2D eigenvalue weighted by atomic mass is 16.5. The van der Waals surface area contributed by atoms with Crippen molar-refractivity contribution in [1.82, 2.24) is 4.90 Å². The lowest BCUT2D eigenvalue weighted by Crippen LogP contribution is -2.44. The van der Waals surface area contributed by atoms with Crippen LogP contribution < -0.4 is 4.90 Å². The van der Waals surface area contributed by atoms with E-state index in [1.54, 1.807) is 0 Å². The summed E-state index contributed by atoms with van der Waals surface area (Å²) in [5.41, 5.74) is 2.42. The zero-order valence-corrected chi connectivity index (χ0v) is 13.7. The van der Waals surface area contributed by atoms with Crippen LogP contribution >= 0.6 is 0 Å². The molecule has 2 saturated heterocycles. The summed E-state index contributed by atoms with van der Waals surface area (Å²) in [5.74, 6) is 0.960. The molecule has 0 aliphatic carbocycles. The SMILES string of the molecule is O=C(CN1CCC(C2CCCO2)CC1)N1CCc2ccccc21. The Morgan fingerprint density at radius 1 is 1.13 bits per heavy atom. The van der Waals surface area contributed by atoms with Crippen molar-refractivity contribution in [2.24, 2.45) is 5.92 Å². The van der Waals surface area contributed by atoms with Gasteiger partial charge in [0.2, 0.25) is 5.91 Å². The third-order valence-corrected chi connectivity index (χ3v) is 5.67. The van der Waals surface area contributed by atoms with Gasteiger partial charge in [0.15, 0.2) is 0 Å². The number of fused-ring (bicyclic) bond motifs is 1. The first-order valence-electron chi connectivity index (χ1n) is 9.03. The number of rotatable bonds is 3. The first-order valence-corrected chi connectivity index (χ1v) is 9.03. The number of carbonyl (C=O) groups excluding carboxylic acids is 1. The summed E-state index contributed by atoms with van der Waals surface area (Å²) in [5, 5.41) is 0. The molecule has 4 rings (SSSR count). The quantitative estimate of drug-likeness (QED) is 0.859. The molecule has 0 bridgehead atoms. The van der Waals surface area contributed by atoms with Crippen LogP contribution in [0.25, 0.3) is 0 Å². The molecule has 2 fully saturated rings. The van der Waals surface area contributed by atoms with Crippen molar-refractivity contribution in [2.75, 3.05) is 37.7 Å². The Kier molecular flexibility index (Phi) is 4.36. The average molecular weight is 314 g/mol. The monoisotopic (exact) mass is 314 g/mol. The van der Waals surface area contributed by atoms with Gasteiger partial charge in [-0.1, -0.05) is 18.2 Å². The Labute approximate surface area is 138 Å². The number of para-hydroxylation sites is 1. The number of ether oxygens (including phenoxy) is 1. The van der Waals surface area contributed by atoms with E-state index < -0.39 is 0 Å². The second-order valence-electron chi connectivity index (χ2n) is 7.09. The number of amides is 1. The van der Waals surface area contributed by atoms with Crippen LogP contribution in [0.2, 0.25) is 0 Å². The minimum atomic E-state index is 0.255. The van der Waals surface area contributed by atoms with Gasteiger partial charge in [0.1, 0.15) is 0 Å². The number of anilines is 1. The van der Waals surface area contributed by atoms with Crippen LogP contribution in [0.5, 0.6) is 0 Å². The van der Waals surface area contributed by atoms with Crippen molar-refractivity contribution < 1.29 is 9.53 Å². The summed E-state index contributed by atoms with van der Waals surface area (Å²) in [4.78, 5) is 17.0. The molecule has 3 heterocycles. The van der Waals surface area contributed by atoms with E-state index >= 15 is 0 Å². The van der Waals surface area contributed by atoms with Gasteiger partial charge in [0.05, 0.1) is 12.6 Å². The summed E-state index contributed by atoms with van der Waals surface area (Å²) in [6.45, 7) is 4.41. The normalized spacial score (nSPS) is 25.7. The van der Waals surface area contributed by atoms with Gasteiger partial charge in [0.25, 0.3) is 0 Å². The van der Waals surface area contributed by atoms with E-state index in [2.05, 4.69) is 23.1 Å². The maximum atomic E-state index is 12.7. The average Bonchev–Trinajstić information content (AvgIpc) is 3.25. The number of hydrogen-bond acceptors (Lipinski definition) is 3. The molecule has 3 aliphatic rings. The summed E-state index contributed by atoms with van der Waals surface area (Å²) >= 11 is 0. The highest BCUT2D eigenvalue weighted by molar-refractivity contribution is 5.96. The largest absolute Gasteiger partial charge is 0.378 e. The molecule has 124 valence electrons. The molecule has 3 aliphatic heterocycles. The smallest absolute Gasteiger partial charge is 0.241 e. The van der Waals surface area contributed by atoms with Crippen molar-refractivity contribution in [3.05, 3.63) is 29.8 Å². The van der Waals surface area contributed by atoms with Crippen molar-refractivity contribution in [3.8, 4) is 0 Å². The fourth-order valence-corrected chi connectivity index (χ4v) is 4.33. The fourth-order valence-electron chi connectivity index (χ4n) is 4.33. The Morgan fingerprint density at radius 3 is 2.74 bits per heavy atom. The van der Waals surface area contributed by atoms with E-state index in [9.17, 15) is 4.79 Å². The molecule has 1 amide bonds. The molecule has 0 saturated carbocycles. The summed E-state index contributed by atoms with van der Waals surface area (Å²) < 4.78 is 5.84. The minimum Gasteiger partial charge on any atom is -0.378 e. The van der Waals surface area contributed by atoms with Gasteiger partial charge >= 0.3 is 0 Å². The van der Waals surface area contributed by atoms with Crippen LogP contribution in [0.3, 0.4) is 0 Å². The predicted molar refractivity (Wildman–Crippen MR) is 90.6 cm³/mol. The standard InChI is InChI=1S/C19H26N2O2/c22-19(21-12-9-15-4-1-2-5-17(15)21)14-20-10-7-16(8-11-20)18-6-3-13-23-18/h1-2,4-5,16,18H,3,6-14H2. The number of carbonyl (C=O) groups is 1. The minimum absolute atomic E-state index is 0.255. The van der Waals surface area contributed by atoms with Crippen molar-refractivity contribution >= 4 is 11.6 Å². The highest BCUT2D eigenvalue weighted by Crippen LogP contribution is 2.30. The Morgan fingerprint density at radius 2 is 1.96 bits per heavy atom. The van der Waals surface area contributed by atoms with Crippen LogP contribution in [-0.4, -0.2) is 49.7 Å². The molecular formula is C19H26N2O2. The van der Waals surface area contributed by atoms with Gasteiger partial charge in [-0.25, -0.2) is 0 Å². The van der Waals surface area contributed by atoms with Crippen molar-refractivity contribution in [3.63, 3.8) is 0 Å². The molecule has 1 aromatic rings. The Hall–Kier alpha value is -1.39. The molecule has 1 unspecified atom stereocenters. The van der Waals surface area contributed by atoms with Crippen LogP contribution in [0.4, 0.5) is 5.69 Å².